The lowest BCUT2D eigenvalue weighted by Crippen LogP contribution is -2.32. The van der Waals surface area contributed by atoms with Crippen LogP contribution >= 0.6 is 0 Å². The van der Waals surface area contributed by atoms with Crippen LogP contribution in [-0.4, -0.2) is 58.1 Å². The van der Waals surface area contributed by atoms with Gasteiger partial charge in [-0.1, -0.05) is 6.07 Å². The highest BCUT2D eigenvalue weighted by Gasteiger charge is 2.34. The van der Waals surface area contributed by atoms with Gasteiger partial charge in [-0.15, -0.1) is 0 Å². The Balaban J connectivity index is 1.36. The van der Waals surface area contributed by atoms with Crippen molar-refractivity contribution in [1.29, 1.82) is 0 Å². The number of aliphatic hydroxyl groups is 1. The van der Waals surface area contributed by atoms with E-state index in [1.54, 1.807) is 0 Å². The van der Waals surface area contributed by atoms with Gasteiger partial charge in [-0.3, -0.25) is 9.69 Å². The number of H-pyrrole nitrogens is 1. The number of hydrogen-bond donors (Lipinski definition) is 2. The van der Waals surface area contributed by atoms with Crippen molar-refractivity contribution in [3.05, 3.63) is 36.0 Å². The maximum absolute atomic E-state index is 12.3. The largest absolute Gasteiger partial charge is 0.391 e. The summed E-state index contributed by atoms with van der Waals surface area (Å²) in [6.45, 7) is 4.06. The van der Waals surface area contributed by atoms with Crippen LogP contribution < -0.4 is 0 Å². The first-order valence-corrected chi connectivity index (χ1v) is 8.93. The monoisotopic (exact) mass is 327 g/mol. The van der Waals surface area contributed by atoms with E-state index in [2.05, 4.69) is 34.1 Å². The molecule has 2 saturated heterocycles. The van der Waals surface area contributed by atoms with Crippen molar-refractivity contribution >= 4 is 16.8 Å². The number of fused-ring (bicyclic) bond motifs is 1. The fourth-order valence-corrected chi connectivity index (χ4v) is 4.05. The molecule has 1 aromatic heterocycles. The summed E-state index contributed by atoms with van der Waals surface area (Å²) in [4.78, 5) is 19.7. The Kier molecular flexibility index (Phi) is 4.29. The van der Waals surface area contributed by atoms with Gasteiger partial charge in [0.2, 0.25) is 5.91 Å². The summed E-state index contributed by atoms with van der Waals surface area (Å²) in [6.07, 6.45) is 4.27. The predicted octanol–water partition coefficient (Wildman–Crippen LogP) is 1.97. The Morgan fingerprint density at radius 1 is 1.21 bits per heavy atom. The van der Waals surface area contributed by atoms with Crippen molar-refractivity contribution in [1.82, 2.24) is 14.8 Å². The Labute approximate surface area is 142 Å². The van der Waals surface area contributed by atoms with Gasteiger partial charge in [-0.25, -0.2) is 0 Å². The standard InChI is InChI=1S/C19H25N3O2/c23-18-13-21(11-14-3-4-17-15(9-14)5-6-20-17)12-16(18)10-19(24)22-7-1-2-8-22/h3-6,9,16,18,20,23H,1-2,7-8,10-13H2/t16-,18-/m0/s1. The third-order valence-corrected chi connectivity index (χ3v) is 5.40. The van der Waals surface area contributed by atoms with Gasteiger partial charge in [0.1, 0.15) is 0 Å². The fourth-order valence-electron chi connectivity index (χ4n) is 4.05. The molecule has 0 aliphatic carbocycles. The molecule has 1 aromatic carbocycles. The zero-order valence-electron chi connectivity index (χ0n) is 13.9. The zero-order valence-corrected chi connectivity index (χ0v) is 13.9. The third kappa shape index (κ3) is 3.19. The molecule has 3 heterocycles. The molecule has 0 saturated carbocycles. The molecule has 2 aromatic rings. The molecular weight excluding hydrogens is 302 g/mol. The number of nitrogens with zero attached hydrogens (tertiary/aromatic N) is 2. The number of benzene rings is 1. The number of aromatic amines is 1. The van der Waals surface area contributed by atoms with Gasteiger partial charge in [0, 0.05) is 56.8 Å². The molecule has 2 aliphatic rings. The van der Waals surface area contributed by atoms with Crippen LogP contribution in [0.3, 0.4) is 0 Å². The highest BCUT2D eigenvalue weighted by Crippen LogP contribution is 2.25. The van der Waals surface area contributed by atoms with Crippen LogP contribution in [0.1, 0.15) is 24.8 Å². The number of hydrogen-bond acceptors (Lipinski definition) is 3. The molecule has 128 valence electrons. The minimum absolute atomic E-state index is 0.0640. The minimum Gasteiger partial charge on any atom is -0.391 e. The summed E-state index contributed by atoms with van der Waals surface area (Å²) in [7, 11) is 0. The normalized spacial score (nSPS) is 25.0. The molecule has 0 spiro atoms. The Bertz CT molecular complexity index is 720. The molecule has 5 heteroatoms. The van der Waals surface area contributed by atoms with Crippen molar-refractivity contribution in [2.24, 2.45) is 5.92 Å². The molecule has 0 bridgehead atoms. The number of aliphatic hydroxyl groups excluding tert-OH is 1. The second-order valence-corrected chi connectivity index (χ2v) is 7.21. The van der Waals surface area contributed by atoms with Crippen molar-refractivity contribution in [2.75, 3.05) is 26.2 Å². The highest BCUT2D eigenvalue weighted by atomic mass is 16.3. The summed E-state index contributed by atoms with van der Waals surface area (Å²) < 4.78 is 0. The van der Waals surface area contributed by atoms with Gasteiger partial charge in [0.25, 0.3) is 0 Å². The molecule has 2 atom stereocenters. The summed E-state index contributed by atoms with van der Waals surface area (Å²) in [5.74, 6) is 0.279. The number of aromatic nitrogens is 1. The second kappa shape index (κ2) is 6.57. The van der Waals surface area contributed by atoms with Crippen LogP contribution in [0.25, 0.3) is 10.9 Å². The second-order valence-electron chi connectivity index (χ2n) is 7.21. The van der Waals surface area contributed by atoms with Gasteiger partial charge in [-0.05, 0) is 42.0 Å². The molecule has 2 aliphatic heterocycles. The topological polar surface area (TPSA) is 59.6 Å². The van der Waals surface area contributed by atoms with E-state index in [0.29, 0.717) is 13.0 Å². The Morgan fingerprint density at radius 3 is 2.88 bits per heavy atom. The van der Waals surface area contributed by atoms with Crippen molar-refractivity contribution < 1.29 is 9.90 Å². The van der Waals surface area contributed by atoms with E-state index in [1.807, 2.05) is 11.1 Å². The molecule has 1 amide bonds. The molecule has 2 N–H and O–H groups in total. The number of β-amino-alcohol motifs (C(OH)–C–C–N with tert-alkyl or cyclic N) is 1. The van der Waals surface area contributed by atoms with E-state index in [4.69, 9.17) is 0 Å². The van der Waals surface area contributed by atoms with Crippen LogP contribution in [0.2, 0.25) is 0 Å². The van der Waals surface area contributed by atoms with Crippen molar-refractivity contribution in [3.63, 3.8) is 0 Å². The summed E-state index contributed by atoms with van der Waals surface area (Å²) >= 11 is 0. The van der Waals surface area contributed by atoms with Crippen molar-refractivity contribution in [2.45, 2.75) is 31.9 Å². The van der Waals surface area contributed by atoms with Gasteiger partial charge in [0.05, 0.1) is 6.10 Å². The summed E-state index contributed by atoms with van der Waals surface area (Å²) in [5.41, 5.74) is 2.40. The van der Waals surface area contributed by atoms with Crippen LogP contribution in [0.15, 0.2) is 30.5 Å². The average molecular weight is 327 g/mol. The van der Waals surface area contributed by atoms with Gasteiger partial charge < -0.3 is 15.0 Å². The van der Waals surface area contributed by atoms with E-state index >= 15 is 0 Å². The van der Waals surface area contributed by atoms with E-state index in [9.17, 15) is 9.90 Å². The lowest BCUT2D eigenvalue weighted by atomic mass is 10.0. The molecule has 0 unspecified atom stereocenters. The van der Waals surface area contributed by atoms with Crippen LogP contribution in [0.5, 0.6) is 0 Å². The lowest BCUT2D eigenvalue weighted by Gasteiger charge is -2.19. The van der Waals surface area contributed by atoms with Gasteiger partial charge in [0.15, 0.2) is 0 Å². The smallest absolute Gasteiger partial charge is 0.222 e. The zero-order chi connectivity index (χ0) is 16.5. The minimum atomic E-state index is -0.396. The highest BCUT2D eigenvalue weighted by molar-refractivity contribution is 5.80. The number of carbonyl (C=O) groups is 1. The molecular formula is C19H25N3O2. The first-order chi connectivity index (χ1) is 11.7. The van der Waals surface area contributed by atoms with Crippen LogP contribution in [0.4, 0.5) is 0 Å². The average Bonchev–Trinajstić information content (AvgIpc) is 3.29. The quantitative estimate of drug-likeness (QED) is 0.903. The number of nitrogens with one attached hydrogen (secondary N) is 1. The molecule has 2 fully saturated rings. The summed E-state index contributed by atoms with van der Waals surface area (Å²) in [5, 5.41) is 11.6. The first-order valence-electron chi connectivity index (χ1n) is 8.93. The van der Waals surface area contributed by atoms with Crippen LogP contribution in [0, 0.1) is 5.92 Å². The Hall–Kier alpha value is -1.85. The third-order valence-electron chi connectivity index (χ3n) is 5.40. The first kappa shape index (κ1) is 15.7. The maximum Gasteiger partial charge on any atom is 0.222 e. The maximum atomic E-state index is 12.3. The molecule has 0 radical (unpaired) electrons. The van der Waals surface area contributed by atoms with Crippen molar-refractivity contribution in [3.8, 4) is 0 Å². The molecule has 5 nitrogen and oxygen atoms in total. The van der Waals surface area contributed by atoms with E-state index in [-0.39, 0.29) is 11.8 Å². The van der Waals surface area contributed by atoms with E-state index < -0.39 is 6.10 Å². The fraction of sp³-hybridized carbons (Fsp3) is 0.526. The number of amides is 1. The number of likely N-dealkylation sites (tertiary alicyclic amines) is 2. The Morgan fingerprint density at radius 2 is 2.04 bits per heavy atom. The SMILES string of the molecule is O=C(C[C@H]1CN(Cc2ccc3[nH]ccc3c2)C[C@@H]1O)N1CCCC1. The van der Waals surface area contributed by atoms with Gasteiger partial charge in [-0.2, -0.15) is 0 Å². The number of rotatable bonds is 4. The van der Waals surface area contributed by atoms with E-state index in [0.717, 1.165) is 44.5 Å². The lowest BCUT2D eigenvalue weighted by molar-refractivity contribution is -0.131. The molecule has 24 heavy (non-hydrogen) atoms. The summed E-state index contributed by atoms with van der Waals surface area (Å²) in [6, 6.07) is 8.51. The van der Waals surface area contributed by atoms with E-state index in [1.165, 1.54) is 10.9 Å². The predicted molar refractivity (Wildman–Crippen MR) is 93.5 cm³/mol. The van der Waals surface area contributed by atoms with Gasteiger partial charge >= 0.3 is 0 Å². The molecule has 4 rings (SSSR count). The number of carbonyl (C=O) groups excluding carboxylic acids is 1. The van der Waals surface area contributed by atoms with Crippen LogP contribution in [-0.2, 0) is 11.3 Å².